The molecular formula is C24H23N5O4S. The number of aromatic nitrogens is 3. The third kappa shape index (κ3) is 5.29. The summed E-state index contributed by atoms with van der Waals surface area (Å²) in [6.45, 7) is 1.76. The lowest BCUT2D eigenvalue weighted by molar-refractivity contribution is -0.118. The number of rotatable bonds is 9. The number of thioether (sulfide) groups is 1. The van der Waals surface area contributed by atoms with Crippen LogP contribution < -0.4 is 14.9 Å². The van der Waals surface area contributed by atoms with Gasteiger partial charge in [0.1, 0.15) is 23.0 Å². The highest BCUT2D eigenvalue weighted by Crippen LogP contribution is 2.29. The molecule has 0 atom stereocenters. The number of hydrogen-bond donors (Lipinski definition) is 1. The number of carbonyl (C=O) groups is 1. The van der Waals surface area contributed by atoms with Crippen LogP contribution in [0.25, 0.3) is 17.1 Å². The average molecular weight is 478 g/mol. The number of furan rings is 1. The molecule has 0 aliphatic heterocycles. The zero-order valence-corrected chi connectivity index (χ0v) is 19.7. The zero-order chi connectivity index (χ0) is 23.9. The van der Waals surface area contributed by atoms with E-state index in [1.165, 1.54) is 11.8 Å². The Morgan fingerprint density at radius 2 is 1.71 bits per heavy atom. The largest absolute Gasteiger partial charge is 0.497 e. The second kappa shape index (κ2) is 10.7. The van der Waals surface area contributed by atoms with Crippen LogP contribution in [0.2, 0.25) is 0 Å². The molecule has 0 bridgehead atoms. The van der Waals surface area contributed by atoms with Crippen LogP contribution in [0.1, 0.15) is 12.7 Å². The van der Waals surface area contributed by atoms with Gasteiger partial charge in [0.15, 0.2) is 11.0 Å². The van der Waals surface area contributed by atoms with Crippen LogP contribution in [-0.2, 0) is 4.79 Å². The van der Waals surface area contributed by atoms with Gasteiger partial charge in [-0.25, -0.2) is 5.43 Å². The smallest absolute Gasteiger partial charge is 0.250 e. The molecule has 2 heterocycles. The predicted octanol–water partition coefficient (Wildman–Crippen LogP) is 4.18. The zero-order valence-electron chi connectivity index (χ0n) is 18.9. The van der Waals surface area contributed by atoms with E-state index in [1.54, 1.807) is 39.5 Å². The van der Waals surface area contributed by atoms with E-state index in [-0.39, 0.29) is 11.7 Å². The summed E-state index contributed by atoms with van der Waals surface area (Å²) < 4.78 is 17.7. The van der Waals surface area contributed by atoms with Crippen molar-refractivity contribution in [2.45, 2.75) is 12.1 Å². The van der Waals surface area contributed by atoms with Crippen molar-refractivity contribution in [1.29, 1.82) is 0 Å². The van der Waals surface area contributed by atoms with Crippen LogP contribution in [0.4, 0.5) is 0 Å². The first-order valence-electron chi connectivity index (χ1n) is 10.3. The van der Waals surface area contributed by atoms with Gasteiger partial charge in [-0.15, -0.1) is 10.2 Å². The fourth-order valence-electron chi connectivity index (χ4n) is 3.10. The normalized spacial score (nSPS) is 11.3. The topological polar surface area (TPSA) is 104 Å². The van der Waals surface area contributed by atoms with E-state index >= 15 is 0 Å². The summed E-state index contributed by atoms with van der Waals surface area (Å²) in [6.07, 6.45) is 1.55. The summed E-state index contributed by atoms with van der Waals surface area (Å²) in [5.74, 6) is 2.55. The molecule has 10 heteroatoms. The SMILES string of the molecule is COc1ccc(-c2nnc(SCC(=O)NN=C(C)c3ccco3)n2-c2ccc(OC)cc2)cc1. The van der Waals surface area contributed by atoms with Gasteiger partial charge in [0.2, 0.25) is 0 Å². The van der Waals surface area contributed by atoms with Gasteiger partial charge in [-0.2, -0.15) is 5.10 Å². The Bertz CT molecular complexity index is 1270. The molecular weight excluding hydrogens is 454 g/mol. The molecule has 2 aromatic carbocycles. The molecule has 1 N–H and O–H groups in total. The fourth-order valence-corrected chi connectivity index (χ4v) is 3.85. The van der Waals surface area contributed by atoms with E-state index in [4.69, 9.17) is 13.9 Å². The van der Waals surface area contributed by atoms with Crippen LogP contribution in [0, 0.1) is 0 Å². The molecule has 9 nitrogen and oxygen atoms in total. The standard InChI is InChI=1S/C24H23N5O4S/c1-16(21-5-4-14-33-21)25-26-22(30)15-34-24-28-27-23(17-6-10-19(31-2)11-7-17)29(24)18-8-12-20(32-3)13-9-18/h4-14H,15H2,1-3H3,(H,26,30). The van der Waals surface area contributed by atoms with Crippen LogP contribution in [0.3, 0.4) is 0 Å². The molecule has 0 radical (unpaired) electrons. The van der Waals surface area contributed by atoms with Crippen molar-refractivity contribution >= 4 is 23.4 Å². The van der Waals surface area contributed by atoms with Crippen LogP contribution >= 0.6 is 11.8 Å². The van der Waals surface area contributed by atoms with Crippen molar-refractivity contribution in [3.63, 3.8) is 0 Å². The molecule has 2 aromatic heterocycles. The molecule has 34 heavy (non-hydrogen) atoms. The molecule has 0 saturated carbocycles. The van der Waals surface area contributed by atoms with Gasteiger partial charge >= 0.3 is 0 Å². The van der Waals surface area contributed by atoms with Gasteiger partial charge in [0.25, 0.3) is 5.91 Å². The molecule has 1 amide bonds. The van der Waals surface area contributed by atoms with E-state index < -0.39 is 0 Å². The van der Waals surface area contributed by atoms with E-state index in [9.17, 15) is 4.79 Å². The minimum absolute atomic E-state index is 0.103. The van der Waals surface area contributed by atoms with E-state index in [0.29, 0.717) is 22.5 Å². The first kappa shape index (κ1) is 23.1. The van der Waals surface area contributed by atoms with Crippen molar-refractivity contribution < 1.29 is 18.7 Å². The molecule has 0 aliphatic rings. The number of methoxy groups -OCH3 is 2. The maximum absolute atomic E-state index is 12.4. The summed E-state index contributed by atoms with van der Waals surface area (Å²) in [6, 6.07) is 18.6. The Labute approximate surface area is 200 Å². The van der Waals surface area contributed by atoms with Crippen molar-refractivity contribution in [2.75, 3.05) is 20.0 Å². The fraction of sp³-hybridized carbons (Fsp3) is 0.167. The molecule has 0 saturated heterocycles. The third-order valence-electron chi connectivity index (χ3n) is 4.87. The lowest BCUT2D eigenvalue weighted by Crippen LogP contribution is -2.21. The predicted molar refractivity (Wildman–Crippen MR) is 130 cm³/mol. The number of carbonyl (C=O) groups excluding carboxylic acids is 1. The van der Waals surface area contributed by atoms with Crippen molar-refractivity contribution in [3.05, 3.63) is 72.7 Å². The van der Waals surface area contributed by atoms with Crippen molar-refractivity contribution in [1.82, 2.24) is 20.2 Å². The number of hydrazone groups is 1. The molecule has 0 fully saturated rings. The lowest BCUT2D eigenvalue weighted by Gasteiger charge is -2.11. The maximum atomic E-state index is 12.4. The monoisotopic (exact) mass is 477 g/mol. The number of nitrogens with one attached hydrogen (secondary N) is 1. The van der Waals surface area contributed by atoms with Gasteiger partial charge in [0, 0.05) is 11.3 Å². The minimum atomic E-state index is -0.272. The van der Waals surface area contributed by atoms with Crippen LogP contribution in [0.15, 0.2) is 81.6 Å². The van der Waals surface area contributed by atoms with Crippen molar-refractivity contribution in [2.24, 2.45) is 5.10 Å². The Kier molecular flexibility index (Phi) is 7.28. The van der Waals surface area contributed by atoms with E-state index in [2.05, 4.69) is 20.7 Å². The number of nitrogens with zero attached hydrogens (tertiary/aromatic N) is 4. The molecule has 0 aliphatic carbocycles. The second-order valence-corrected chi connectivity index (χ2v) is 8.01. The average Bonchev–Trinajstić information content (AvgIpc) is 3.57. The summed E-state index contributed by atoms with van der Waals surface area (Å²) in [5.41, 5.74) is 4.82. The molecule has 0 spiro atoms. The first-order chi connectivity index (χ1) is 16.6. The third-order valence-corrected chi connectivity index (χ3v) is 5.80. The highest BCUT2D eigenvalue weighted by Gasteiger charge is 2.18. The Morgan fingerprint density at radius 1 is 1.03 bits per heavy atom. The van der Waals surface area contributed by atoms with Gasteiger partial charge in [-0.1, -0.05) is 11.8 Å². The van der Waals surface area contributed by atoms with Gasteiger partial charge in [-0.3, -0.25) is 9.36 Å². The summed E-state index contributed by atoms with van der Waals surface area (Å²) >= 11 is 1.26. The van der Waals surface area contributed by atoms with Gasteiger partial charge in [-0.05, 0) is 67.6 Å². The Morgan fingerprint density at radius 3 is 2.32 bits per heavy atom. The number of ether oxygens (including phenoxy) is 2. The highest BCUT2D eigenvalue weighted by atomic mass is 32.2. The summed E-state index contributed by atoms with van der Waals surface area (Å²) in [7, 11) is 3.24. The van der Waals surface area contributed by atoms with Crippen LogP contribution in [0.5, 0.6) is 11.5 Å². The summed E-state index contributed by atoms with van der Waals surface area (Å²) in [4.78, 5) is 12.4. The number of benzene rings is 2. The van der Waals surface area contributed by atoms with E-state index in [0.717, 1.165) is 22.7 Å². The molecule has 0 unspecified atom stereocenters. The van der Waals surface area contributed by atoms with Crippen LogP contribution in [-0.4, -0.2) is 46.4 Å². The highest BCUT2D eigenvalue weighted by molar-refractivity contribution is 7.99. The Balaban J connectivity index is 1.56. The molecule has 4 rings (SSSR count). The van der Waals surface area contributed by atoms with Gasteiger partial charge < -0.3 is 13.9 Å². The van der Waals surface area contributed by atoms with E-state index in [1.807, 2.05) is 53.1 Å². The lowest BCUT2D eigenvalue weighted by atomic mass is 10.2. The molecule has 174 valence electrons. The molecule has 4 aromatic rings. The maximum Gasteiger partial charge on any atom is 0.250 e. The first-order valence-corrected chi connectivity index (χ1v) is 11.3. The van der Waals surface area contributed by atoms with Crippen molar-refractivity contribution in [3.8, 4) is 28.6 Å². The number of amides is 1. The minimum Gasteiger partial charge on any atom is -0.497 e. The van der Waals surface area contributed by atoms with Gasteiger partial charge in [0.05, 0.1) is 26.2 Å². The second-order valence-electron chi connectivity index (χ2n) is 7.07. The summed E-state index contributed by atoms with van der Waals surface area (Å²) in [5, 5.41) is 13.4. The number of hydrogen-bond acceptors (Lipinski definition) is 8. The quantitative estimate of drug-likeness (QED) is 0.219. The Hall–Kier alpha value is -4.05.